The summed E-state index contributed by atoms with van der Waals surface area (Å²) in [6.45, 7) is 2.18. The zero-order valence-electron chi connectivity index (χ0n) is 18.6. The molecule has 10 heteroatoms. The summed E-state index contributed by atoms with van der Waals surface area (Å²) in [7, 11) is 5.38. The number of anilines is 2. The van der Waals surface area contributed by atoms with Crippen LogP contribution in [-0.2, 0) is 4.79 Å². The molecule has 4 rings (SSSR count). The van der Waals surface area contributed by atoms with Crippen molar-refractivity contribution in [2.45, 2.75) is 12.5 Å². The minimum atomic E-state index is -0.161. The number of likely N-dealkylation sites (tertiary alicyclic amines) is 1. The number of hydrogen-bond donors (Lipinski definition) is 0. The molecule has 3 amide bonds. The van der Waals surface area contributed by atoms with Crippen molar-refractivity contribution < 1.29 is 19.1 Å². The number of carbonyl (C=O) groups excluding carboxylic acids is 2. The maximum absolute atomic E-state index is 12.8. The normalized spacial score (nSPS) is 18.3. The lowest BCUT2D eigenvalue weighted by molar-refractivity contribution is -0.130. The summed E-state index contributed by atoms with van der Waals surface area (Å²) in [6, 6.07) is 7.17. The minimum absolute atomic E-state index is 0.0636. The zero-order valence-corrected chi connectivity index (χ0v) is 18.6. The first-order chi connectivity index (χ1) is 15.4. The zero-order chi connectivity index (χ0) is 22.7. The molecule has 32 heavy (non-hydrogen) atoms. The predicted molar refractivity (Wildman–Crippen MR) is 119 cm³/mol. The molecule has 1 aromatic heterocycles. The number of amides is 3. The molecule has 2 saturated heterocycles. The van der Waals surface area contributed by atoms with Crippen LogP contribution < -0.4 is 19.3 Å². The van der Waals surface area contributed by atoms with Crippen LogP contribution in [0.5, 0.6) is 11.6 Å². The van der Waals surface area contributed by atoms with E-state index in [1.807, 2.05) is 43.3 Å². The highest BCUT2D eigenvalue weighted by molar-refractivity contribution is 5.96. The Kier molecular flexibility index (Phi) is 6.29. The summed E-state index contributed by atoms with van der Waals surface area (Å²) in [4.78, 5) is 41.1. The molecule has 0 N–H and O–H groups in total. The molecule has 3 heterocycles. The second-order valence-electron chi connectivity index (χ2n) is 8.03. The van der Waals surface area contributed by atoms with Gasteiger partial charge < -0.3 is 24.2 Å². The molecular formula is C22H28N6O4. The Morgan fingerprint density at radius 1 is 1.16 bits per heavy atom. The summed E-state index contributed by atoms with van der Waals surface area (Å²) in [6.07, 6.45) is 3.81. The van der Waals surface area contributed by atoms with Crippen LogP contribution in [0.4, 0.5) is 16.3 Å². The van der Waals surface area contributed by atoms with Crippen molar-refractivity contribution in [1.82, 2.24) is 19.8 Å². The summed E-state index contributed by atoms with van der Waals surface area (Å²) in [5.41, 5.74) is 0.793. The van der Waals surface area contributed by atoms with E-state index in [4.69, 9.17) is 9.47 Å². The van der Waals surface area contributed by atoms with Gasteiger partial charge in [0.2, 0.25) is 11.8 Å². The first-order valence-corrected chi connectivity index (χ1v) is 10.6. The van der Waals surface area contributed by atoms with Crippen LogP contribution in [0.2, 0.25) is 0 Å². The van der Waals surface area contributed by atoms with Gasteiger partial charge in [0.25, 0.3) is 0 Å². The van der Waals surface area contributed by atoms with E-state index in [1.165, 1.54) is 0 Å². The molecule has 1 unspecified atom stereocenters. The number of nitrogens with zero attached hydrogens (tertiary/aromatic N) is 6. The van der Waals surface area contributed by atoms with Gasteiger partial charge in [-0.2, -0.15) is 4.98 Å². The van der Waals surface area contributed by atoms with Crippen LogP contribution in [0.25, 0.3) is 0 Å². The van der Waals surface area contributed by atoms with Gasteiger partial charge in [-0.15, -0.1) is 0 Å². The topological polar surface area (TPSA) is 91.3 Å². The van der Waals surface area contributed by atoms with E-state index >= 15 is 0 Å². The number of ether oxygens (including phenoxy) is 2. The molecular weight excluding hydrogens is 412 g/mol. The van der Waals surface area contributed by atoms with Crippen LogP contribution >= 0.6 is 0 Å². The molecule has 170 valence electrons. The Labute approximate surface area is 187 Å². The van der Waals surface area contributed by atoms with Gasteiger partial charge in [0.1, 0.15) is 18.4 Å². The van der Waals surface area contributed by atoms with Crippen molar-refractivity contribution in [3.8, 4) is 11.6 Å². The molecule has 1 atom stereocenters. The van der Waals surface area contributed by atoms with Gasteiger partial charge >= 0.3 is 6.03 Å². The van der Waals surface area contributed by atoms with Crippen LogP contribution in [0.1, 0.15) is 6.42 Å². The Hall–Kier alpha value is -3.56. The first-order valence-electron chi connectivity index (χ1n) is 10.6. The van der Waals surface area contributed by atoms with Crippen molar-refractivity contribution >= 4 is 23.4 Å². The SMILES string of the molecule is COc1ccc(N2CCN(CC(=O)N3CCC(Oc4cncc(N(C)C)n4)C3)C2=O)cc1. The van der Waals surface area contributed by atoms with Crippen molar-refractivity contribution in [2.75, 3.05) is 63.7 Å². The molecule has 2 aromatic rings. The van der Waals surface area contributed by atoms with Gasteiger partial charge in [-0.05, 0) is 24.3 Å². The largest absolute Gasteiger partial charge is 0.497 e. The molecule has 0 spiro atoms. The van der Waals surface area contributed by atoms with E-state index in [1.54, 1.807) is 34.2 Å². The number of benzene rings is 1. The van der Waals surface area contributed by atoms with Crippen molar-refractivity contribution in [3.63, 3.8) is 0 Å². The van der Waals surface area contributed by atoms with Crippen molar-refractivity contribution in [1.29, 1.82) is 0 Å². The average molecular weight is 441 g/mol. The highest BCUT2D eigenvalue weighted by atomic mass is 16.5. The van der Waals surface area contributed by atoms with Gasteiger partial charge in [-0.25, -0.2) is 4.79 Å². The minimum Gasteiger partial charge on any atom is -0.497 e. The highest BCUT2D eigenvalue weighted by Crippen LogP contribution is 2.24. The number of methoxy groups -OCH3 is 1. The first kappa shape index (κ1) is 21.7. The van der Waals surface area contributed by atoms with Crippen LogP contribution in [0.15, 0.2) is 36.7 Å². The van der Waals surface area contributed by atoms with E-state index in [2.05, 4.69) is 9.97 Å². The van der Waals surface area contributed by atoms with E-state index in [0.29, 0.717) is 44.3 Å². The lowest BCUT2D eigenvalue weighted by Gasteiger charge is -2.22. The van der Waals surface area contributed by atoms with E-state index in [9.17, 15) is 9.59 Å². The maximum Gasteiger partial charge on any atom is 0.325 e. The molecule has 1 aromatic carbocycles. The molecule has 0 aliphatic carbocycles. The third kappa shape index (κ3) is 4.68. The predicted octanol–water partition coefficient (Wildman–Crippen LogP) is 1.47. The van der Waals surface area contributed by atoms with Crippen molar-refractivity contribution in [2.24, 2.45) is 0 Å². The van der Waals surface area contributed by atoms with Gasteiger partial charge in [0, 0.05) is 45.8 Å². The molecule has 0 bridgehead atoms. The summed E-state index contributed by atoms with van der Waals surface area (Å²) in [5, 5.41) is 0. The lowest BCUT2D eigenvalue weighted by atomic mass is 10.3. The third-order valence-corrected chi connectivity index (χ3v) is 5.65. The Bertz CT molecular complexity index is 967. The van der Waals surface area contributed by atoms with Crippen LogP contribution in [0.3, 0.4) is 0 Å². The Morgan fingerprint density at radius 2 is 1.94 bits per heavy atom. The number of carbonyl (C=O) groups is 2. The van der Waals surface area contributed by atoms with Crippen LogP contribution in [-0.4, -0.2) is 91.7 Å². The summed E-state index contributed by atoms with van der Waals surface area (Å²) < 4.78 is 11.1. The standard InChI is InChI=1S/C22H28N6O4/c1-25(2)19-12-23-13-20(24-19)32-18-8-9-26(14-18)21(29)15-27-10-11-28(22(27)30)16-4-6-17(31-3)7-5-16/h4-7,12-13,18H,8-11,14-15H2,1-3H3. The Morgan fingerprint density at radius 3 is 2.66 bits per heavy atom. The van der Waals surface area contributed by atoms with E-state index in [-0.39, 0.29) is 24.6 Å². The second kappa shape index (κ2) is 9.29. The number of rotatable bonds is 7. The molecule has 0 saturated carbocycles. The molecule has 2 aliphatic rings. The molecule has 2 aliphatic heterocycles. The quantitative estimate of drug-likeness (QED) is 0.644. The smallest absolute Gasteiger partial charge is 0.325 e. The third-order valence-electron chi connectivity index (χ3n) is 5.65. The number of aromatic nitrogens is 2. The second-order valence-corrected chi connectivity index (χ2v) is 8.03. The van der Waals surface area contributed by atoms with E-state index in [0.717, 1.165) is 11.4 Å². The number of urea groups is 1. The maximum atomic E-state index is 12.8. The average Bonchev–Trinajstić information content (AvgIpc) is 3.41. The highest BCUT2D eigenvalue weighted by Gasteiger charge is 2.34. The van der Waals surface area contributed by atoms with Crippen LogP contribution in [0, 0.1) is 0 Å². The lowest BCUT2D eigenvalue weighted by Crippen LogP contribution is -2.42. The monoisotopic (exact) mass is 440 g/mol. The fourth-order valence-corrected chi connectivity index (χ4v) is 3.83. The molecule has 2 fully saturated rings. The van der Waals surface area contributed by atoms with Crippen molar-refractivity contribution in [3.05, 3.63) is 36.7 Å². The Balaban J connectivity index is 1.30. The van der Waals surface area contributed by atoms with Gasteiger partial charge in [-0.3, -0.25) is 14.7 Å². The summed E-state index contributed by atoms with van der Waals surface area (Å²) >= 11 is 0. The molecule has 0 radical (unpaired) electrons. The summed E-state index contributed by atoms with van der Waals surface area (Å²) in [5.74, 6) is 1.81. The fraction of sp³-hybridized carbons (Fsp3) is 0.455. The van der Waals surface area contributed by atoms with Gasteiger partial charge in [0.15, 0.2) is 5.82 Å². The van der Waals surface area contributed by atoms with Gasteiger partial charge in [-0.1, -0.05) is 0 Å². The van der Waals surface area contributed by atoms with Gasteiger partial charge in [0.05, 0.1) is 26.0 Å². The van der Waals surface area contributed by atoms with E-state index < -0.39 is 0 Å². The number of hydrogen-bond acceptors (Lipinski definition) is 7. The molecule has 10 nitrogen and oxygen atoms in total. The fourth-order valence-electron chi connectivity index (χ4n) is 3.83.